The molecule has 0 saturated carbocycles. The lowest BCUT2D eigenvalue weighted by Gasteiger charge is -2.18. The quantitative estimate of drug-likeness (QED) is 0.653. The number of aromatic nitrogens is 1. The molecule has 0 atom stereocenters. The van der Waals surface area contributed by atoms with Crippen LogP contribution in [0.25, 0.3) is 11.5 Å². The summed E-state index contributed by atoms with van der Waals surface area (Å²) in [4.78, 5) is 4.30. The molecule has 0 bridgehead atoms. The van der Waals surface area contributed by atoms with E-state index in [4.69, 9.17) is 18.6 Å². The van der Waals surface area contributed by atoms with Crippen LogP contribution < -0.4 is 19.5 Å². The van der Waals surface area contributed by atoms with Crippen LogP contribution in [-0.2, 0) is 9.84 Å². The summed E-state index contributed by atoms with van der Waals surface area (Å²) in [6.07, 6.45) is 0. The van der Waals surface area contributed by atoms with E-state index in [9.17, 15) is 8.42 Å². The number of nitrogens with one attached hydrogen (secondary N) is 1. The highest BCUT2D eigenvalue weighted by molar-refractivity contribution is 7.91. The van der Waals surface area contributed by atoms with Crippen LogP contribution in [0.3, 0.4) is 0 Å². The van der Waals surface area contributed by atoms with E-state index in [0.29, 0.717) is 42.6 Å². The number of benzene rings is 2. The van der Waals surface area contributed by atoms with Crippen molar-refractivity contribution in [1.82, 2.24) is 4.98 Å². The largest absolute Gasteiger partial charge is 0.494 e. The first-order chi connectivity index (χ1) is 14.0. The Morgan fingerprint density at radius 2 is 1.79 bits per heavy atom. The Kier molecular flexibility index (Phi) is 5.06. The lowest BCUT2D eigenvalue weighted by molar-refractivity contribution is 0.171. The molecule has 1 N–H and O–H groups in total. The zero-order valence-corrected chi connectivity index (χ0v) is 16.8. The summed E-state index contributed by atoms with van der Waals surface area (Å²) in [6.45, 7) is 3.25. The maximum atomic E-state index is 13.2. The standard InChI is InChI=1S/C20H20N2O6S/c1-3-25-14-6-4-13(5-7-14)18-22-20(19(21-2)28-18)29(23,24)15-8-9-16-17(12-15)27-11-10-26-16/h4-9,12,21H,3,10-11H2,1-2H3. The minimum atomic E-state index is -3.95. The molecule has 1 aliphatic rings. The van der Waals surface area contributed by atoms with Crippen molar-refractivity contribution >= 4 is 15.7 Å². The molecule has 0 spiro atoms. The molecule has 0 amide bonds. The molecule has 0 aliphatic carbocycles. The molecule has 152 valence electrons. The van der Waals surface area contributed by atoms with Crippen LogP contribution in [0.2, 0.25) is 0 Å². The smallest absolute Gasteiger partial charge is 0.233 e. The van der Waals surface area contributed by atoms with Gasteiger partial charge < -0.3 is 23.9 Å². The van der Waals surface area contributed by atoms with Crippen LogP contribution in [0.1, 0.15) is 6.92 Å². The van der Waals surface area contributed by atoms with Crippen LogP contribution in [0.15, 0.2) is 56.8 Å². The van der Waals surface area contributed by atoms with Gasteiger partial charge in [0.2, 0.25) is 26.6 Å². The van der Waals surface area contributed by atoms with Gasteiger partial charge in [-0.25, -0.2) is 8.42 Å². The normalized spacial score (nSPS) is 13.2. The maximum Gasteiger partial charge on any atom is 0.233 e. The number of fused-ring (bicyclic) bond motifs is 1. The number of hydrogen-bond acceptors (Lipinski definition) is 8. The van der Waals surface area contributed by atoms with Gasteiger partial charge in [0.25, 0.3) is 0 Å². The summed E-state index contributed by atoms with van der Waals surface area (Å²) >= 11 is 0. The summed E-state index contributed by atoms with van der Waals surface area (Å²) in [7, 11) is -2.37. The molecular weight excluding hydrogens is 396 g/mol. The van der Waals surface area contributed by atoms with Gasteiger partial charge in [-0.05, 0) is 43.3 Å². The van der Waals surface area contributed by atoms with E-state index in [-0.39, 0.29) is 21.7 Å². The van der Waals surface area contributed by atoms with Crippen molar-refractivity contribution in [2.45, 2.75) is 16.8 Å². The number of rotatable bonds is 6. The summed E-state index contributed by atoms with van der Waals surface area (Å²) in [5, 5.41) is 2.57. The molecular formula is C20H20N2O6S. The van der Waals surface area contributed by atoms with E-state index in [0.717, 1.165) is 0 Å². The SMILES string of the molecule is CCOc1ccc(-c2nc(S(=O)(=O)c3ccc4c(c3)OCCO4)c(NC)o2)cc1. The number of oxazole rings is 1. The van der Waals surface area contributed by atoms with Crippen molar-refractivity contribution in [1.29, 1.82) is 0 Å². The molecule has 8 nitrogen and oxygen atoms in total. The fourth-order valence-electron chi connectivity index (χ4n) is 2.93. The van der Waals surface area contributed by atoms with Crippen LogP contribution in [-0.4, -0.2) is 40.3 Å². The van der Waals surface area contributed by atoms with Crippen molar-refractivity contribution in [3.63, 3.8) is 0 Å². The molecule has 0 radical (unpaired) electrons. The van der Waals surface area contributed by atoms with E-state index < -0.39 is 9.84 Å². The molecule has 29 heavy (non-hydrogen) atoms. The Morgan fingerprint density at radius 3 is 2.48 bits per heavy atom. The monoisotopic (exact) mass is 416 g/mol. The van der Waals surface area contributed by atoms with E-state index in [2.05, 4.69) is 10.3 Å². The summed E-state index contributed by atoms with van der Waals surface area (Å²) in [5.41, 5.74) is 0.633. The molecule has 1 aromatic heterocycles. The Balaban J connectivity index is 1.72. The van der Waals surface area contributed by atoms with Crippen LogP contribution in [0.4, 0.5) is 5.88 Å². The number of anilines is 1. The fraction of sp³-hybridized carbons (Fsp3) is 0.250. The van der Waals surface area contributed by atoms with Gasteiger partial charge in [-0.3, -0.25) is 0 Å². The Hall–Kier alpha value is -3.20. The van der Waals surface area contributed by atoms with Crippen LogP contribution in [0.5, 0.6) is 17.2 Å². The van der Waals surface area contributed by atoms with Crippen molar-refractivity contribution in [3.05, 3.63) is 42.5 Å². The van der Waals surface area contributed by atoms with Gasteiger partial charge in [-0.15, -0.1) is 0 Å². The number of nitrogens with zero attached hydrogens (tertiary/aromatic N) is 1. The van der Waals surface area contributed by atoms with E-state index in [1.807, 2.05) is 6.92 Å². The van der Waals surface area contributed by atoms with Gasteiger partial charge in [0, 0.05) is 18.7 Å². The van der Waals surface area contributed by atoms with Gasteiger partial charge >= 0.3 is 0 Å². The zero-order chi connectivity index (χ0) is 20.4. The molecule has 0 fully saturated rings. The van der Waals surface area contributed by atoms with Crippen LogP contribution >= 0.6 is 0 Å². The summed E-state index contributed by atoms with van der Waals surface area (Å²) in [6, 6.07) is 11.6. The summed E-state index contributed by atoms with van der Waals surface area (Å²) in [5.74, 6) is 1.86. The average molecular weight is 416 g/mol. The first-order valence-electron chi connectivity index (χ1n) is 9.09. The Bertz CT molecular complexity index is 1120. The minimum Gasteiger partial charge on any atom is -0.494 e. The molecule has 0 unspecified atom stereocenters. The third-order valence-corrected chi connectivity index (χ3v) is 5.97. The minimum absolute atomic E-state index is 0.0461. The van der Waals surface area contributed by atoms with Gasteiger partial charge in [0.05, 0.1) is 11.5 Å². The van der Waals surface area contributed by atoms with Gasteiger partial charge in [0.1, 0.15) is 19.0 Å². The second-order valence-corrected chi connectivity index (χ2v) is 8.03. The molecule has 9 heteroatoms. The van der Waals surface area contributed by atoms with E-state index in [1.165, 1.54) is 12.1 Å². The van der Waals surface area contributed by atoms with Crippen molar-refractivity contribution in [2.75, 3.05) is 32.2 Å². The third-order valence-electron chi connectivity index (χ3n) is 4.31. The highest BCUT2D eigenvalue weighted by Crippen LogP contribution is 2.37. The average Bonchev–Trinajstić information content (AvgIpc) is 3.19. The zero-order valence-electron chi connectivity index (χ0n) is 16.0. The summed E-state index contributed by atoms with van der Waals surface area (Å²) < 4.78 is 48.5. The van der Waals surface area contributed by atoms with Crippen molar-refractivity contribution in [3.8, 4) is 28.7 Å². The first-order valence-corrected chi connectivity index (χ1v) is 10.6. The van der Waals surface area contributed by atoms with Crippen molar-refractivity contribution < 1.29 is 27.0 Å². The second kappa shape index (κ2) is 7.67. The fourth-order valence-corrected chi connectivity index (χ4v) is 4.26. The highest BCUT2D eigenvalue weighted by atomic mass is 32.2. The predicted molar refractivity (Wildman–Crippen MR) is 106 cm³/mol. The molecule has 3 aromatic rings. The first kappa shape index (κ1) is 19.1. The van der Waals surface area contributed by atoms with Crippen molar-refractivity contribution in [2.24, 2.45) is 0 Å². The topological polar surface area (TPSA) is 99.9 Å². The Labute approximate surface area is 168 Å². The molecule has 1 aliphatic heterocycles. The predicted octanol–water partition coefficient (Wildman–Crippen LogP) is 3.39. The lowest BCUT2D eigenvalue weighted by atomic mass is 10.2. The van der Waals surface area contributed by atoms with Gasteiger partial charge in [-0.1, -0.05) is 0 Å². The highest BCUT2D eigenvalue weighted by Gasteiger charge is 2.29. The lowest BCUT2D eigenvalue weighted by Crippen LogP contribution is -2.16. The molecule has 4 rings (SSSR count). The molecule has 2 aromatic carbocycles. The molecule has 2 heterocycles. The maximum absolute atomic E-state index is 13.2. The number of sulfone groups is 1. The van der Waals surface area contributed by atoms with Gasteiger partial charge in [0.15, 0.2) is 11.5 Å². The second-order valence-electron chi connectivity index (χ2n) is 6.17. The Morgan fingerprint density at radius 1 is 1.07 bits per heavy atom. The van der Waals surface area contributed by atoms with E-state index in [1.54, 1.807) is 37.4 Å². The van der Waals surface area contributed by atoms with Crippen LogP contribution in [0, 0.1) is 0 Å². The number of hydrogen-bond donors (Lipinski definition) is 1. The van der Waals surface area contributed by atoms with Gasteiger partial charge in [-0.2, -0.15) is 4.98 Å². The molecule has 0 saturated heterocycles. The third kappa shape index (κ3) is 3.61. The van der Waals surface area contributed by atoms with E-state index >= 15 is 0 Å². The number of ether oxygens (including phenoxy) is 3.